The molecule has 1 atom stereocenters. The van der Waals surface area contributed by atoms with Crippen LogP contribution in [-0.4, -0.2) is 29.3 Å². The zero-order valence-electron chi connectivity index (χ0n) is 17.6. The summed E-state index contributed by atoms with van der Waals surface area (Å²) in [5.74, 6) is 0.00890. The predicted octanol–water partition coefficient (Wildman–Crippen LogP) is 3.30. The summed E-state index contributed by atoms with van der Waals surface area (Å²) >= 11 is 0. The lowest BCUT2D eigenvalue weighted by atomic mass is 10.1. The molecule has 3 aromatic carbocycles. The predicted molar refractivity (Wildman–Crippen MR) is 121 cm³/mol. The number of nitrogens with one attached hydrogen (secondary N) is 2. The van der Waals surface area contributed by atoms with Crippen LogP contribution in [0.15, 0.2) is 72.8 Å². The zero-order chi connectivity index (χ0) is 21.1. The summed E-state index contributed by atoms with van der Waals surface area (Å²) in [5, 5.41) is 9.98. The molecule has 0 saturated heterocycles. The number of hydrogen-bond donors (Lipinski definition) is 2. The van der Waals surface area contributed by atoms with Crippen molar-refractivity contribution in [2.45, 2.75) is 20.4 Å². The fourth-order valence-electron chi connectivity index (χ4n) is 3.92. The fraction of sp³-hybridized carbons (Fsp3) is 0.200. The summed E-state index contributed by atoms with van der Waals surface area (Å²) < 4.78 is 1.98. The van der Waals surface area contributed by atoms with Crippen LogP contribution in [0.2, 0.25) is 0 Å². The van der Waals surface area contributed by atoms with E-state index in [0.29, 0.717) is 6.54 Å². The Kier molecular flexibility index (Phi) is 5.63. The molecule has 1 heterocycles. The number of para-hydroxylation sites is 1. The Labute approximate surface area is 176 Å². The summed E-state index contributed by atoms with van der Waals surface area (Å²) in [6.45, 7) is 5.25. The van der Waals surface area contributed by atoms with Crippen molar-refractivity contribution in [2.24, 2.45) is 0 Å². The van der Waals surface area contributed by atoms with Crippen molar-refractivity contribution in [1.29, 1.82) is 0 Å². The van der Waals surface area contributed by atoms with Crippen LogP contribution in [0, 0.1) is 13.8 Å². The van der Waals surface area contributed by atoms with E-state index in [1.54, 1.807) is 0 Å². The minimum atomic E-state index is 0.00890. The molecular weight excluding hydrogens is 372 g/mol. The van der Waals surface area contributed by atoms with E-state index in [1.807, 2.05) is 67.2 Å². The van der Waals surface area contributed by atoms with Crippen molar-refractivity contribution >= 4 is 22.4 Å². The maximum absolute atomic E-state index is 12.7. The first-order valence-electron chi connectivity index (χ1n) is 10.2. The van der Waals surface area contributed by atoms with Gasteiger partial charge in [-0.15, -0.1) is 0 Å². The lowest BCUT2D eigenvalue weighted by Gasteiger charge is -2.15. The number of amides is 1. The van der Waals surface area contributed by atoms with E-state index in [2.05, 4.69) is 36.5 Å². The van der Waals surface area contributed by atoms with Crippen molar-refractivity contribution in [1.82, 2.24) is 9.78 Å². The second-order valence-corrected chi connectivity index (χ2v) is 7.78. The fourth-order valence-corrected chi connectivity index (χ4v) is 3.92. The third kappa shape index (κ3) is 4.11. The van der Waals surface area contributed by atoms with Crippen LogP contribution in [0.25, 0.3) is 16.5 Å². The van der Waals surface area contributed by atoms with Gasteiger partial charge in [0.05, 0.1) is 29.7 Å². The number of rotatable bonds is 6. The number of benzene rings is 3. The van der Waals surface area contributed by atoms with Gasteiger partial charge < -0.3 is 10.2 Å². The zero-order valence-corrected chi connectivity index (χ0v) is 17.6. The van der Waals surface area contributed by atoms with Gasteiger partial charge in [-0.2, -0.15) is 5.10 Å². The van der Waals surface area contributed by atoms with Gasteiger partial charge in [0.2, 0.25) is 0 Å². The molecule has 0 bridgehead atoms. The van der Waals surface area contributed by atoms with Gasteiger partial charge in [-0.3, -0.25) is 4.79 Å². The Hall–Kier alpha value is -3.44. The van der Waals surface area contributed by atoms with Gasteiger partial charge in [-0.1, -0.05) is 54.6 Å². The Morgan fingerprint density at radius 1 is 0.967 bits per heavy atom. The molecule has 0 aliphatic carbocycles. The smallest absolute Gasteiger partial charge is 0.279 e. The molecule has 4 aromatic rings. The Balaban J connectivity index is 1.45. The molecule has 0 spiro atoms. The molecule has 5 nitrogen and oxygen atoms in total. The first-order valence-corrected chi connectivity index (χ1v) is 10.2. The van der Waals surface area contributed by atoms with E-state index in [0.717, 1.165) is 45.0 Å². The van der Waals surface area contributed by atoms with Gasteiger partial charge in [0.15, 0.2) is 6.54 Å². The number of carbonyl (C=O) groups is 1. The van der Waals surface area contributed by atoms with Crippen LogP contribution < -0.4 is 10.2 Å². The first-order chi connectivity index (χ1) is 14.5. The van der Waals surface area contributed by atoms with Gasteiger partial charge in [-0.25, -0.2) is 4.68 Å². The number of anilines is 1. The van der Waals surface area contributed by atoms with Gasteiger partial charge in [0.25, 0.3) is 5.91 Å². The summed E-state index contributed by atoms with van der Waals surface area (Å²) in [7, 11) is 2.04. The second-order valence-electron chi connectivity index (χ2n) is 7.78. The van der Waals surface area contributed by atoms with E-state index in [4.69, 9.17) is 5.10 Å². The number of fused-ring (bicyclic) bond motifs is 1. The number of aryl methyl sites for hydroxylation is 1. The number of carbonyl (C=O) groups excluding carboxylic acids is 1. The highest BCUT2D eigenvalue weighted by Gasteiger charge is 2.18. The molecular formula is C25H27N4O+. The van der Waals surface area contributed by atoms with Crippen molar-refractivity contribution in [3.63, 3.8) is 0 Å². The van der Waals surface area contributed by atoms with Crippen molar-refractivity contribution in [2.75, 3.05) is 18.9 Å². The lowest BCUT2D eigenvalue weighted by molar-refractivity contribution is -0.885. The summed E-state index contributed by atoms with van der Waals surface area (Å²) in [6.07, 6.45) is 0. The second kappa shape index (κ2) is 8.51. The van der Waals surface area contributed by atoms with Crippen LogP contribution in [0.3, 0.4) is 0 Å². The van der Waals surface area contributed by atoms with E-state index >= 15 is 0 Å². The molecule has 30 heavy (non-hydrogen) atoms. The Morgan fingerprint density at radius 3 is 2.47 bits per heavy atom. The molecule has 2 N–H and O–H groups in total. The highest BCUT2D eigenvalue weighted by molar-refractivity contribution is 6.02. The number of hydrogen-bond acceptors (Lipinski definition) is 2. The highest BCUT2D eigenvalue weighted by atomic mass is 16.2. The van der Waals surface area contributed by atoms with Gasteiger partial charge >= 0.3 is 0 Å². The van der Waals surface area contributed by atoms with Crippen LogP contribution in [-0.2, 0) is 11.3 Å². The lowest BCUT2D eigenvalue weighted by Crippen LogP contribution is -3.08. The van der Waals surface area contributed by atoms with Crippen molar-refractivity contribution in [3.8, 4) is 5.69 Å². The molecule has 1 aromatic heterocycles. The third-order valence-electron chi connectivity index (χ3n) is 5.45. The quantitative estimate of drug-likeness (QED) is 0.523. The van der Waals surface area contributed by atoms with Crippen LogP contribution in [0.5, 0.6) is 0 Å². The van der Waals surface area contributed by atoms with Crippen molar-refractivity contribution in [3.05, 3.63) is 89.7 Å². The summed E-state index contributed by atoms with van der Waals surface area (Å²) in [4.78, 5) is 13.8. The summed E-state index contributed by atoms with van der Waals surface area (Å²) in [6, 6.07) is 24.2. The molecule has 4 rings (SSSR count). The normalized spacial score (nSPS) is 12.1. The number of quaternary nitrogens is 1. The average Bonchev–Trinajstić information content (AvgIpc) is 3.03. The van der Waals surface area contributed by atoms with Crippen molar-refractivity contribution < 1.29 is 9.69 Å². The Bertz CT molecular complexity index is 1180. The minimum Gasteiger partial charge on any atom is -0.326 e. The largest absolute Gasteiger partial charge is 0.326 e. The maximum Gasteiger partial charge on any atom is 0.279 e. The molecule has 1 unspecified atom stereocenters. The molecule has 0 saturated carbocycles. The maximum atomic E-state index is 12.7. The van der Waals surface area contributed by atoms with E-state index < -0.39 is 0 Å². The first kappa shape index (κ1) is 19.9. The molecule has 1 amide bonds. The number of aromatic nitrogens is 2. The van der Waals surface area contributed by atoms with Gasteiger partial charge in [0, 0.05) is 11.1 Å². The number of likely N-dealkylation sites (N-methyl/N-ethyl adjacent to an activating group) is 1. The molecule has 0 fully saturated rings. The Morgan fingerprint density at radius 2 is 1.67 bits per heavy atom. The minimum absolute atomic E-state index is 0.00890. The van der Waals surface area contributed by atoms with E-state index in [-0.39, 0.29) is 5.91 Å². The molecule has 0 aliphatic heterocycles. The number of nitrogens with zero attached hydrogens (tertiary/aromatic N) is 2. The SMILES string of the molecule is Cc1nn(-c2ccccc2)c(C)c1C[NH+](C)CC(=O)Nc1cccc2ccccc12. The molecule has 0 aliphatic rings. The van der Waals surface area contributed by atoms with Crippen LogP contribution in [0.1, 0.15) is 17.0 Å². The molecule has 152 valence electrons. The summed E-state index contributed by atoms with van der Waals surface area (Å²) in [5.41, 5.74) is 5.22. The average molecular weight is 400 g/mol. The van der Waals surface area contributed by atoms with Crippen LogP contribution in [0.4, 0.5) is 5.69 Å². The van der Waals surface area contributed by atoms with Gasteiger partial charge in [0.1, 0.15) is 6.54 Å². The van der Waals surface area contributed by atoms with E-state index in [1.165, 1.54) is 5.56 Å². The van der Waals surface area contributed by atoms with E-state index in [9.17, 15) is 4.79 Å². The monoisotopic (exact) mass is 399 g/mol. The topological polar surface area (TPSA) is 51.4 Å². The van der Waals surface area contributed by atoms with Crippen LogP contribution >= 0.6 is 0 Å². The highest BCUT2D eigenvalue weighted by Crippen LogP contribution is 2.22. The molecule has 5 heteroatoms. The molecule has 0 radical (unpaired) electrons. The van der Waals surface area contributed by atoms with Gasteiger partial charge in [-0.05, 0) is 37.4 Å². The standard InChI is InChI=1S/C25H26N4O/c1-18-23(19(2)29(27-18)21-12-5-4-6-13-21)16-28(3)17-25(30)26-24-15-9-11-20-10-7-8-14-22(20)24/h4-15H,16-17H2,1-3H3,(H,26,30)/p+1. The third-order valence-corrected chi connectivity index (χ3v) is 5.45.